The van der Waals surface area contributed by atoms with Crippen LogP contribution in [0.25, 0.3) is 0 Å². The minimum Gasteiger partial charge on any atom is -0.242 e. The average molecular weight is 137 g/mol. The zero-order valence-corrected chi connectivity index (χ0v) is 6.21. The Bertz CT molecular complexity index is 120. The summed E-state index contributed by atoms with van der Waals surface area (Å²) >= 11 is 0. The van der Waals surface area contributed by atoms with Gasteiger partial charge in [0.05, 0.1) is 6.07 Å². The summed E-state index contributed by atoms with van der Waals surface area (Å²) in [5.74, 6) is 0.789. The van der Waals surface area contributed by atoms with Crippen LogP contribution in [0.3, 0.4) is 0 Å². The first-order chi connectivity index (χ1) is 4.93. The molecule has 0 aromatic rings. The van der Waals surface area contributed by atoms with Crippen LogP contribution in [0.15, 0.2) is 0 Å². The van der Waals surface area contributed by atoms with E-state index < -0.39 is 0 Å². The molecule has 1 heterocycles. The molecule has 1 aliphatic heterocycles. The molecule has 1 rings (SSSR count). The Morgan fingerprint density at radius 3 is 2.70 bits per heavy atom. The molecule has 0 unspecified atom stereocenters. The van der Waals surface area contributed by atoms with Crippen molar-refractivity contribution in [2.75, 3.05) is 13.1 Å². The zero-order valence-electron chi connectivity index (χ0n) is 6.21. The van der Waals surface area contributed by atoms with Crippen LogP contribution in [-0.4, -0.2) is 13.1 Å². The van der Waals surface area contributed by atoms with Gasteiger partial charge in [-0.2, -0.15) is 5.26 Å². The minimum atomic E-state index is 0.727. The molecular weight excluding hydrogens is 124 g/mol. The molecule has 0 N–H and O–H groups in total. The first-order valence-electron chi connectivity index (χ1n) is 3.93. The third kappa shape index (κ3) is 2.36. The molecule has 0 atom stereocenters. The van der Waals surface area contributed by atoms with E-state index in [-0.39, 0.29) is 0 Å². The van der Waals surface area contributed by atoms with Crippen molar-refractivity contribution in [2.45, 2.75) is 25.7 Å². The van der Waals surface area contributed by atoms with Crippen LogP contribution in [0.2, 0.25) is 0 Å². The van der Waals surface area contributed by atoms with E-state index in [0.29, 0.717) is 0 Å². The molecule has 0 amide bonds. The SMILES string of the molecule is N#CCCC1CC[N]CC1. The summed E-state index contributed by atoms with van der Waals surface area (Å²) in [4.78, 5) is 0. The number of piperidine rings is 1. The largest absolute Gasteiger partial charge is 0.242 e. The second-order valence-corrected chi connectivity index (χ2v) is 2.81. The van der Waals surface area contributed by atoms with Gasteiger partial charge in [-0.25, -0.2) is 5.32 Å². The highest BCUT2D eigenvalue weighted by molar-refractivity contribution is 4.75. The molecule has 0 aliphatic carbocycles. The third-order valence-corrected chi connectivity index (χ3v) is 2.06. The van der Waals surface area contributed by atoms with Crippen molar-refractivity contribution in [3.8, 4) is 6.07 Å². The van der Waals surface area contributed by atoms with Crippen molar-refractivity contribution in [2.24, 2.45) is 5.92 Å². The van der Waals surface area contributed by atoms with Gasteiger partial charge in [-0.1, -0.05) is 0 Å². The van der Waals surface area contributed by atoms with Gasteiger partial charge in [-0.3, -0.25) is 0 Å². The average Bonchev–Trinajstić information content (AvgIpc) is 2.03. The molecular formula is C8H13N2. The third-order valence-electron chi connectivity index (χ3n) is 2.06. The Hall–Kier alpha value is -0.550. The van der Waals surface area contributed by atoms with Gasteiger partial charge in [0, 0.05) is 19.5 Å². The second kappa shape index (κ2) is 4.29. The van der Waals surface area contributed by atoms with Crippen molar-refractivity contribution in [3.05, 3.63) is 0 Å². The quantitative estimate of drug-likeness (QED) is 0.565. The molecule has 2 heteroatoms. The summed E-state index contributed by atoms with van der Waals surface area (Å²) in [6.07, 6.45) is 4.24. The van der Waals surface area contributed by atoms with Crippen molar-refractivity contribution < 1.29 is 0 Å². The Kier molecular flexibility index (Phi) is 3.25. The van der Waals surface area contributed by atoms with Gasteiger partial charge < -0.3 is 0 Å². The summed E-state index contributed by atoms with van der Waals surface area (Å²) in [6.45, 7) is 2.05. The lowest BCUT2D eigenvalue weighted by Gasteiger charge is -2.19. The highest BCUT2D eigenvalue weighted by atomic mass is 14.9. The standard InChI is InChI=1S/C8H13N2/c9-5-1-2-8-3-6-10-7-4-8/h8H,1-4,6-7H2. The number of nitrogens with zero attached hydrogens (tertiary/aromatic N) is 2. The van der Waals surface area contributed by atoms with Gasteiger partial charge in [-0.15, -0.1) is 0 Å². The lowest BCUT2D eigenvalue weighted by molar-refractivity contribution is 0.353. The van der Waals surface area contributed by atoms with Gasteiger partial charge >= 0.3 is 0 Å². The fraction of sp³-hybridized carbons (Fsp3) is 0.875. The van der Waals surface area contributed by atoms with E-state index in [0.717, 1.165) is 31.8 Å². The lowest BCUT2D eigenvalue weighted by Crippen LogP contribution is -2.22. The van der Waals surface area contributed by atoms with E-state index >= 15 is 0 Å². The zero-order chi connectivity index (χ0) is 7.23. The maximum absolute atomic E-state index is 8.32. The first kappa shape index (κ1) is 7.56. The highest BCUT2D eigenvalue weighted by Gasteiger charge is 2.12. The van der Waals surface area contributed by atoms with Crippen molar-refractivity contribution in [1.29, 1.82) is 5.26 Å². The number of rotatable bonds is 2. The smallest absolute Gasteiger partial charge is 0.0621 e. The highest BCUT2D eigenvalue weighted by Crippen LogP contribution is 2.17. The van der Waals surface area contributed by atoms with E-state index in [4.69, 9.17) is 5.26 Å². The maximum Gasteiger partial charge on any atom is 0.0621 e. The van der Waals surface area contributed by atoms with E-state index in [1.165, 1.54) is 12.8 Å². The molecule has 55 valence electrons. The first-order valence-corrected chi connectivity index (χ1v) is 3.93. The summed E-state index contributed by atoms with van der Waals surface area (Å²) < 4.78 is 0. The monoisotopic (exact) mass is 137 g/mol. The van der Waals surface area contributed by atoms with Gasteiger partial charge in [0.25, 0.3) is 0 Å². The predicted octanol–water partition coefficient (Wildman–Crippen LogP) is 1.30. The van der Waals surface area contributed by atoms with E-state index in [2.05, 4.69) is 11.4 Å². The molecule has 0 aromatic carbocycles. The van der Waals surface area contributed by atoms with Crippen LogP contribution < -0.4 is 5.32 Å². The molecule has 10 heavy (non-hydrogen) atoms. The van der Waals surface area contributed by atoms with E-state index in [9.17, 15) is 0 Å². The summed E-state index contributed by atoms with van der Waals surface area (Å²) in [5, 5.41) is 12.6. The molecule has 0 saturated carbocycles. The summed E-state index contributed by atoms with van der Waals surface area (Å²) in [7, 11) is 0. The number of hydrogen-bond acceptors (Lipinski definition) is 1. The molecule has 1 aliphatic rings. The minimum absolute atomic E-state index is 0.727. The van der Waals surface area contributed by atoms with E-state index in [1.54, 1.807) is 0 Å². The van der Waals surface area contributed by atoms with Crippen LogP contribution in [0.4, 0.5) is 0 Å². The van der Waals surface area contributed by atoms with Gasteiger partial charge in [0.2, 0.25) is 0 Å². The Balaban J connectivity index is 2.09. The Morgan fingerprint density at radius 2 is 2.10 bits per heavy atom. The molecule has 0 spiro atoms. The fourth-order valence-corrected chi connectivity index (χ4v) is 1.36. The van der Waals surface area contributed by atoms with Crippen LogP contribution in [0.1, 0.15) is 25.7 Å². The molecule has 1 fully saturated rings. The number of hydrogen-bond donors (Lipinski definition) is 0. The van der Waals surface area contributed by atoms with Gasteiger partial charge in [0.15, 0.2) is 0 Å². The Morgan fingerprint density at radius 1 is 1.40 bits per heavy atom. The fourth-order valence-electron chi connectivity index (χ4n) is 1.36. The van der Waals surface area contributed by atoms with Crippen LogP contribution >= 0.6 is 0 Å². The lowest BCUT2D eigenvalue weighted by atomic mass is 9.94. The van der Waals surface area contributed by atoms with Crippen molar-refractivity contribution >= 4 is 0 Å². The predicted molar refractivity (Wildman–Crippen MR) is 39.4 cm³/mol. The van der Waals surface area contributed by atoms with Gasteiger partial charge in [0.1, 0.15) is 0 Å². The molecule has 1 radical (unpaired) electrons. The molecule has 1 saturated heterocycles. The van der Waals surface area contributed by atoms with E-state index in [1.807, 2.05) is 0 Å². The van der Waals surface area contributed by atoms with Crippen molar-refractivity contribution in [1.82, 2.24) is 5.32 Å². The molecule has 2 nitrogen and oxygen atoms in total. The maximum atomic E-state index is 8.32. The second-order valence-electron chi connectivity index (χ2n) is 2.81. The van der Waals surface area contributed by atoms with Gasteiger partial charge in [-0.05, 0) is 25.2 Å². The van der Waals surface area contributed by atoms with Crippen LogP contribution in [-0.2, 0) is 0 Å². The van der Waals surface area contributed by atoms with Crippen LogP contribution in [0, 0.1) is 17.2 Å². The topological polar surface area (TPSA) is 37.9 Å². The normalized spacial score (nSPS) is 20.3. The summed E-state index contributed by atoms with van der Waals surface area (Å²) in [6, 6.07) is 2.18. The molecule has 0 bridgehead atoms. The summed E-state index contributed by atoms with van der Waals surface area (Å²) in [5.41, 5.74) is 0. The Labute approximate surface area is 62.2 Å². The number of nitriles is 1. The molecule has 0 aromatic heterocycles. The van der Waals surface area contributed by atoms with Crippen molar-refractivity contribution in [3.63, 3.8) is 0 Å². The van der Waals surface area contributed by atoms with Crippen LogP contribution in [0.5, 0.6) is 0 Å².